The molecule has 1 heterocycles. The van der Waals surface area contributed by atoms with E-state index in [1.807, 2.05) is 206 Å². The van der Waals surface area contributed by atoms with Gasteiger partial charge in [-0.25, -0.2) is 0 Å². The highest BCUT2D eigenvalue weighted by molar-refractivity contribution is 6.75. The zero-order valence-corrected chi connectivity index (χ0v) is 75.8. The first-order valence-corrected chi connectivity index (χ1v) is 50.1. The Bertz CT molecular complexity index is 4490. The van der Waals surface area contributed by atoms with Gasteiger partial charge in [-0.15, -0.1) is 0 Å². The molecular weight excluding hydrogens is 1530 g/mol. The predicted molar refractivity (Wildman–Crippen MR) is 476 cm³/mol. The number of carbonyl (C=O) groups excluding carboxylic acids is 5. The molecule has 23 heteroatoms. The zero-order chi connectivity index (χ0) is 85.5. The molecule has 0 radical (unpaired) electrons. The number of ether oxygens (including phenoxy) is 6. The molecule has 0 saturated heterocycles. The van der Waals surface area contributed by atoms with Crippen molar-refractivity contribution in [3.8, 4) is 17.2 Å². The lowest BCUT2D eigenvalue weighted by molar-refractivity contribution is -0.138. The Balaban J connectivity index is 1.03. The molecule has 20 nitrogen and oxygen atoms in total. The van der Waals surface area contributed by atoms with Gasteiger partial charge in [-0.3, -0.25) is 28.5 Å². The van der Waals surface area contributed by atoms with Crippen LogP contribution in [0.5, 0.6) is 17.2 Å². The summed E-state index contributed by atoms with van der Waals surface area (Å²) in [7, 11) is -3.97. The minimum Gasteiger partial charge on any atom is -0.488 e. The Hall–Kier alpha value is -9.12. The van der Waals surface area contributed by atoms with Gasteiger partial charge >= 0.3 is 0 Å². The summed E-state index contributed by atoms with van der Waals surface area (Å²) in [5.74, 6) is -1.42. The molecule has 9 rings (SSSR count). The highest BCUT2D eigenvalue weighted by Crippen LogP contribution is 2.44. The molecule has 5 N–H and O–H groups in total. The van der Waals surface area contributed by atoms with Crippen molar-refractivity contribution in [2.75, 3.05) is 40.5 Å². The second-order valence-corrected chi connectivity index (χ2v) is 50.5. The summed E-state index contributed by atoms with van der Waals surface area (Å²) in [6.45, 7) is 35.1. The number of amides is 5. The maximum absolute atomic E-state index is 15.8. The van der Waals surface area contributed by atoms with Crippen LogP contribution in [0, 0.1) is 0 Å². The van der Waals surface area contributed by atoms with E-state index in [1.165, 1.54) is 0 Å². The average molecular weight is 1660 g/mol. The molecule has 8 aromatic rings. The molecule has 0 aliphatic carbocycles. The summed E-state index contributed by atoms with van der Waals surface area (Å²) >= 11 is 0. The topological polar surface area (TPSA) is 229 Å². The number of nitrogens with zero attached hydrogens (tertiary/aromatic N) is 1. The van der Waals surface area contributed by atoms with Crippen LogP contribution < -0.4 is 45.3 Å². The zero-order valence-electron chi connectivity index (χ0n) is 72.8. The molecule has 0 aromatic heterocycles. The fourth-order valence-electron chi connectivity index (χ4n) is 13.2. The fourth-order valence-corrected chi connectivity index (χ4v) is 16.9. The highest BCUT2D eigenvalue weighted by atomic mass is 28.4. The van der Waals surface area contributed by atoms with Crippen molar-refractivity contribution in [3.63, 3.8) is 0 Å². The summed E-state index contributed by atoms with van der Waals surface area (Å²) < 4.78 is 61.3. The van der Waals surface area contributed by atoms with Gasteiger partial charge in [-0.05, 0) is 119 Å². The lowest BCUT2D eigenvalue weighted by atomic mass is 9.95. The number of para-hydroxylation sites is 1. The fraction of sp³-hybridized carbons (Fsp3) is 0.442. The van der Waals surface area contributed by atoms with Crippen LogP contribution in [0.2, 0.25) is 54.4 Å². The summed E-state index contributed by atoms with van der Waals surface area (Å²) in [5, 5.41) is 14.9. The Morgan fingerprint density at radius 1 is 0.449 bits per heavy atom. The van der Waals surface area contributed by atoms with E-state index in [2.05, 4.69) is 142 Å². The molecule has 0 fully saturated rings. The number of fused-ring (bicyclic) bond motifs is 1. The standard InChI is InChI=1S/C95H128N6O14Si3/c1-68(109-61-71-43-29-21-30-44-71)88(100-87(102)56-77(114-117(15,16)94(5,6)7)55-84(115-118(17,18)95(8,9)10)79(67-113-116(13,14)93(2,3)4)97-89(103)78-51-37-38-52-83(78)110-62-72-45-31-22-32-46-72)92(106)99-81(66-108-60-70-41-27-20-28-42-70)91(105)98-80(65-107-59-69-39-25-19-26-40-69)90(104)96-76-53-75-54-85(111-63-73-47-33-23-34-48-73)86(57-82(75)101(11,12)58-76)112-64-74-49-35-24-36-50-74/h19-52,54,57,68,76-77,79-81,84,88H,53,55-56,58-67H2,1-18H3,(H4-,96,97,98,99,100,102,103,104,105,106)/p+1/t68-,76+,77-,79+,80+,81-,84-,88+/m1/s1. The van der Waals surface area contributed by atoms with E-state index in [1.54, 1.807) is 19.1 Å². The van der Waals surface area contributed by atoms with Crippen LogP contribution in [0.25, 0.3) is 0 Å². The van der Waals surface area contributed by atoms with E-state index in [9.17, 15) is 0 Å². The third-order valence-electron chi connectivity index (χ3n) is 23.2. The number of rotatable bonds is 42. The van der Waals surface area contributed by atoms with Gasteiger partial charge in [0.25, 0.3) is 5.91 Å². The molecule has 0 saturated carbocycles. The van der Waals surface area contributed by atoms with Gasteiger partial charge < -0.3 is 68.3 Å². The smallest absolute Gasteiger partial charge is 0.255 e. The van der Waals surface area contributed by atoms with E-state index in [4.69, 9.17) is 41.7 Å². The number of nitrogens with one attached hydrogen (secondary N) is 5. The molecule has 8 atom stereocenters. The van der Waals surface area contributed by atoms with Crippen molar-refractivity contribution in [1.29, 1.82) is 0 Å². The first-order valence-electron chi connectivity index (χ1n) is 41.3. The van der Waals surface area contributed by atoms with E-state index >= 15 is 24.0 Å². The number of hydrogen-bond donors (Lipinski definition) is 5. The van der Waals surface area contributed by atoms with Crippen LogP contribution in [0.4, 0.5) is 5.69 Å². The third-order valence-corrected chi connectivity index (χ3v) is 36.8. The number of quaternary nitrogens is 1. The van der Waals surface area contributed by atoms with Gasteiger partial charge in [0.2, 0.25) is 23.6 Å². The average Bonchev–Trinajstić information content (AvgIpc) is 0.762. The molecule has 1 aliphatic rings. The van der Waals surface area contributed by atoms with Gasteiger partial charge in [-0.2, -0.15) is 0 Å². The largest absolute Gasteiger partial charge is 0.488 e. The Morgan fingerprint density at radius 3 is 1.33 bits per heavy atom. The predicted octanol–water partition coefficient (Wildman–Crippen LogP) is 16.9. The minimum atomic E-state index is -2.81. The van der Waals surface area contributed by atoms with Gasteiger partial charge in [0.15, 0.2) is 36.5 Å². The lowest BCUT2D eigenvalue weighted by Gasteiger charge is -2.45. The molecular formula is C95H129N6O14Si3+. The van der Waals surface area contributed by atoms with Gasteiger partial charge in [0.05, 0.1) is 96.1 Å². The van der Waals surface area contributed by atoms with Crippen LogP contribution >= 0.6 is 0 Å². The number of hydrogen-bond acceptors (Lipinski definition) is 14. The first-order chi connectivity index (χ1) is 55.8. The van der Waals surface area contributed by atoms with Crippen molar-refractivity contribution in [2.24, 2.45) is 0 Å². The Morgan fingerprint density at radius 2 is 0.856 bits per heavy atom. The molecule has 0 bridgehead atoms. The normalized spacial score (nSPS) is 15.6. The molecule has 0 spiro atoms. The van der Waals surface area contributed by atoms with Crippen molar-refractivity contribution >= 4 is 60.2 Å². The molecule has 8 aromatic carbocycles. The Kier molecular flexibility index (Phi) is 33.2. The molecule has 1 aliphatic heterocycles. The summed E-state index contributed by atoms with van der Waals surface area (Å²) in [4.78, 5) is 77.6. The molecule has 0 unspecified atom stereocenters. The van der Waals surface area contributed by atoms with Crippen molar-refractivity contribution in [2.45, 2.75) is 231 Å². The minimum absolute atomic E-state index is 0.0668. The first kappa shape index (κ1) is 92.8. The second-order valence-electron chi connectivity index (χ2n) is 36.2. The van der Waals surface area contributed by atoms with Crippen molar-refractivity contribution < 1.29 is 65.7 Å². The van der Waals surface area contributed by atoms with Crippen LogP contribution in [-0.4, -0.2) is 143 Å². The highest BCUT2D eigenvalue weighted by Gasteiger charge is 2.47. The van der Waals surface area contributed by atoms with E-state index in [-0.39, 0.29) is 74.2 Å². The maximum atomic E-state index is 15.8. The molecule has 5 amide bonds. The van der Waals surface area contributed by atoms with Crippen LogP contribution in [-0.2, 0) is 92.7 Å². The number of benzene rings is 8. The molecule has 634 valence electrons. The third kappa shape index (κ3) is 27.7. The van der Waals surface area contributed by atoms with E-state index < -0.39 is 103 Å². The maximum Gasteiger partial charge on any atom is 0.255 e. The quantitative estimate of drug-likeness (QED) is 0.0177. The SMILES string of the molecule is C[C@@H](OCc1ccccc1)[C@H](NC(=O)C[C@@H](C[C@@H](O[Si](C)(C)C(C)(C)C)[C@H](CO[Si](C)(C)C(C)(C)C)NC(=O)c1ccccc1OCc1ccccc1)O[Si](C)(C)C(C)(C)C)C(=O)N[C@H](COCc1ccccc1)C(=O)N[C@@H](COCc1ccccc1)C(=O)N[C@H]1Cc2cc(OCc3ccccc3)c(OCc3ccccc3)cc2[N+](C)(C)C1. The lowest BCUT2D eigenvalue weighted by Crippen LogP contribution is -2.62. The van der Waals surface area contributed by atoms with Crippen molar-refractivity contribution in [3.05, 3.63) is 263 Å². The van der Waals surface area contributed by atoms with Gasteiger partial charge in [0.1, 0.15) is 55.9 Å². The number of carbonyl (C=O) groups is 5. The second kappa shape index (κ2) is 42.2. The van der Waals surface area contributed by atoms with Gasteiger partial charge in [0, 0.05) is 18.1 Å². The van der Waals surface area contributed by atoms with Gasteiger partial charge in [-0.1, -0.05) is 256 Å². The van der Waals surface area contributed by atoms with E-state index in [0.717, 1.165) is 44.6 Å². The van der Waals surface area contributed by atoms with E-state index in [0.29, 0.717) is 53.5 Å². The Labute approximate surface area is 704 Å². The summed E-state index contributed by atoms with van der Waals surface area (Å²) in [6.07, 6.45) is -2.41. The number of likely N-dealkylation sites (N-methyl/N-ethyl adjacent to an activating group) is 1. The van der Waals surface area contributed by atoms with Crippen molar-refractivity contribution in [1.82, 2.24) is 31.1 Å². The van der Waals surface area contributed by atoms with Crippen LogP contribution in [0.15, 0.2) is 218 Å². The van der Waals surface area contributed by atoms with Crippen LogP contribution in [0.3, 0.4) is 0 Å². The van der Waals surface area contributed by atoms with Crippen LogP contribution in [0.1, 0.15) is 131 Å². The summed E-state index contributed by atoms with van der Waals surface area (Å²) in [5.41, 5.74) is 7.69. The monoisotopic (exact) mass is 1660 g/mol. The molecule has 118 heavy (non-hydrogen) atoms. The summed E-state index contributed by atoms with van der Waals surface area (Å²) in [6, 6.07) is 63.9.